The molecule has 0 saturated heterocycles. The average Bonchev–Trinajstić information content (AvgIpc) is 3.04. The van der Waals surface area contributed by atoms with E-state index in [4.69, 9.17) is 0 Å². The van der Waals surface area contributed by atoms with Crippen molar-refractivity contribution in [1.82, 2.24) is 9.62 Å². The van der Waals surface area contributed by atoms with Crippen molar-refractivity contribution in [2.75, 3.05) is 25.9 Å². The first-order valence-corrected chi connectivity index (χ1v) is 7.47. The van der Waals surface area contributed by atoms with Crippen molar-refractivity contribution in [2.45, 2.75) is 31.7 Å². The van der Waals surface area contributed by atoms with Gasteiger partial charge in [0.2, 0.25) is 10.0 Å². The molecule has 5 heteroatoms. The van der Waals surface area contributed by atoms with E-state index >= 15 is 0 Å². The number of hydrogen-bond acceptors (Lipinski definition) is 3. The highest BCUT2D eigenvalue weighted by Gasteiger charge is 2.35. The molecule has 1 aliphatic carbocycles. The first kappa shape index (κ1) is 13.7. The number of unbranched alkanes of at least 4 members (excludes halogenated alkanes) is 1. The molecule has 0 radical (unpaired) electrons. The van der Waals surface area contributed by atoms with Gasteiger partial charge < -0.3 is 5.32 Å². The van der Waals surface area contributed by atoms with Crippen LogP contribution in [0.25, 0.3) is 0 Å². The molecule has 4 nitrogen and oxygen atoms in total. The lowest BCUT2D eigenvalue weighted by Gasteiger charge is -2.20. The molecule has 1 fully saturated rings. The van der Waals surface area contributed by atoms with Crippen LogP contribution in [0.15, 0.2) is 12.7 Å². The zero-order valence-corrected chi connectivity index (χ0v) is 10.8. The third-order valence-electron chi connectivity index (χ3n) is 2.70. The van der Waals surface area contributed by atoms with Crippen molar-refractivity contribution in [3.8, 4) is 0 Å². The summed E-state index contributed by atoms with van der Waals surface area (Å²) < 4.78 is 25.7. The van der Waals surface area contributed by atoms with E-state index in [1.807, 2.05) is 7.05 Å². The van der Waals surface area contributed by atoms with Gasteiger partial charge in [-0.2, -0.15) is 4.31 Å². The highest BCUT2D eigenvalue weighted by Crippen LogP contribution is 2.29. The van der Waals surface area contributed by atoms with Crippen molar-refractivity contribution in [2.24, 2.45) is 0 Å². The second-order valence-electron chi connectivity index (χ2n) is 4.22. The maximum Gasteiger partial charge on any atom is 0.214 e. The smallest absolute Gasteiger partial charge is 0.214 e. The second kappa shape index (κ2) is 6.37. The maximum atomic E-state index is 12.0. The Bertz CT molecular complexity index is 310. The summed E-state index contributed by atoms with van der Waals surface area (Å²) in [6.07, 6.45) is 5.31. The van der Waals surface area contributed by atoms with Crippen LogP contribution in [0.2, 0.25) is 0 Å². The second-order valence-corrected chi connectivity index (χ2v) is 6.26. The van der Waals surface area contributed by atoms with E-state index in [2.05, 4.69) is 11.9 Å². The SMILES string of the molecule is C=CCN(C1CC1)S(=O)(=O)CCCCNC. The molecule has 1 saturated carbocycles. The van der Waals surface area contributed by atoms with Gasteiger partial charge in [0.1, 0.15) is 0 Å². The van der Waals surface area contributed by atoms with Gasteiger partial charge >= 0.3 is 0 Å². The summed E-state index contributed by atoms with van der Waals surface area (Å²) >= 11 is 0. The Balaban J connectivity index is 2.42. The van der Waals surface area contributed by atoms with Crippen molar-refractivity contribution in [1.29, 1.82) is 0 Å². The molecule has 0 aromatic rings. The van der Waals surface area contributed by atoms with Crippen LogP contribution in [0.5, 0.6) is 0 Å². The van der Waals surface area contributed by atoms with Crippen LogP contribution in [0.1, 0.15) is 25.7 Å². The highest BCUT2D eigenvalue weighted by molar-refractivity contribution is 7.89. The van der Waals surface area contributed by atoms with Gasteiger partial charge in [0, 0.05) is 12.6 Å². The highest BCUT2D eigenvalue weighted by atomic mass is 32.2. The minimum absolute atomic E-state index is 0.243. The van der Waals surface area contributed by atoms with Crippen molar-refractivity contribution >= 4 is 10.0 Å². The van der Waals surface area contributed by atoms with E-state index in [1.54, 1.807) is 10.4 Å². The van der Waals surface area contributed by atoms with Gasteiger partial charge in [-0.15, -0.1) is 6.58 Å². The molecular formula is C11H22N2O2S. The molecule has 16 heavy (non-hydrogen) atoms. The molecule has 94 valence electrons. The first-order chi connectivity index (χ1) is 7.61. The lowest BCUT2D eigenvalue weighted by Crippen LogP contribution is -2.35. The predicted octanol–water partition coefficient (Wildman–Crippen LogP) is 0.966. The fourth-order valence-electron chi connectivity index (χ4n) is 1.68. The van der Waals surface area contributed by atoms with Crippen LogP contribution in [-0.2, 0) is 10.0 Å². The monoisotopic (exact) mass is 246 g/mol. The Labute approximate surface area is 98.8 Å². The average molecular weight is 246 g/mol. The zero-order chi connectivity index (χ0) is 12.0. The molecule has 0 atom stereocenters. The quantitative estimate of drug-likeness (QED) is 0.487. The van der Waals surface area contributed by atoms with Gasteiger partial charge in [0.05, 0.1) is 5.75 Å². The van der Waals surface area contributed by atoms with Crippen LogP contribution in [0.3, 0.4) is 0 Å². The van der Waals surface area contributed by atoms with Gasteiger partial charge in [-0.3, -0.25) is 0 Å². The number of nitrogens with one attached hydrogen (secondary N) is 1. The summed E-state index contributed by atoms with van der Waals surface area (Å²) in [5, 5.41) is 3.02. The molecule has 0 aliphatic heterocycles. The van der Waals surface area contributed by atoms with E-state index in [0.717, 1.165) is 32.2 Å². The molecule has 1 aliphatic rings. The first-order valence-electron chi connectivity index (χ1n) is 5.87. The van der Waals surface area contributed by atoms with E-state index in [-0.39, 0.29) is 11.8 Å². The summed E-state index contributed by atoms with van der Waals surface area (Å²) in [5.41, 5.74) is 0. The number of sulfonamides is 1. The van der Waals surface area contributed by atoms with E-state index in [0.29, 0.717) is 6.54 Å². The lowest BCUT2D eigenvalue weighted by molar-refractivity contribution is 0.434. The Morgan fingerprint density at radius 2 is 2.12 bits per heavy atom. The summed E-state index contributed by atoms with van der Waals surface area (Å²) in [6, 6.07) is 0.243. The third-order valence-corrected chi connectivity index (χ3v) is 4.67. The van der Waals surface area contributed by atoms with Gasteiger partial charge in [-0.25, -0.2) is 8.42 Å². The van der Waals surface area contributed by atoms with Gasteiger partial charge in [0.15, 0.2) is 0 Å². The molecule has 1 rings (SSSR count). The predicted molar refractivity (Wildman–Crippen MR) is 66.9 cm³/mol. The Morgan fingerprint density at radius 3 is 2.62 bits per heavy atom. The van der Waals surface area contributed by atoms with E-state index in [1.165, 1.54) is 0 Å². The van der Waals surface area contributed by atoms with Gasteiger partial charge in [-0.05, 0) is 39.3 Å². The molecule has 0 aromatic heterocycles. The van der Waals surface area contributed by atoms with Crippen LogP contribution in [0, 0.1) is 0 Å². The lowest BCUT2D eigenvalue weighted by atomic mass is 10.3. The summed E-state index contributed by atoms with van der Waals surface area (Å²) in [5.74, 6) is 0.263. The molecule has 0 amide bonds. The Hall–Kier alpha value is -0.390. The van der Waals surface area contributed by atoms with Crippen molar-refractivity contribution in [3.63, 3.8) is 0 Å². The van der Waals surface area contributed by atoms with Crippen LogP contribution in [0.4, 0.5) is 0 Å². The van der Waals surface area contributed by atoms with Crippen LogP contribution < -0.4 is 5.32 Å². The minimum atomic E-state index is -3.07. The fourth-order valence-corrected chi connectivity index (χ4v) is 3.48. The van der Waals surface area contributed by atoms with E-state index in [9.17, 15) is 8.42 Å². The van der Waals surface area contributed by atoms with Crippen LogP contribution in [-0.4, -0.2) is 44.7 Å². The van der Waals surface area contributed by atoms with Gasteiger partial charge in [-0.1, -0.05) is 6.08 Å². The normalized spacial score (nSPS) is 16.6. The topological polar surface area (TPSA) is 49.4 Å². The number of nitrogens with zero attached hydrogens (tertiary/aromatic N) is 1. The maximum absolute atomic E-state index is 12.0. The largest absolute Gasteiger partial charge is 0.320 e. The number of hydrogen-bond donors (Lipinski definition) is 1. The Kier molecular flexibility index (Phi) is 5.44. The Morgan fingerprint density at radius 1 is 1.44 bits per heavy atom. The summed E-state index contributed by atoms with van der Waals surface area (Å²) in [6.45, 7) is 4.95. The van der Waals surface area contributed by atoms with Crippen molar-refractivity contribution < 1.29 is 8.42 Å². The molecule has 0 spiro atoms. The number of rotatable bonds is 9. The van der Waals surface area contributed by atoms with Crippen LogP contribution >= 0.6 is 0 Å². The molecular weight excluding hydrogens is 224 g/mol. The summed E-state index contributed by atoms with van der Waals surface area (Å²) in [7, 11) is -1.19. The summed E-state index contributed by atoms with van der Waals surface area (Å²) in [4.78, 5) is 0. The van der Waals surface area contributed by atoms with E-state index < -0.39 is 10.0 Å². The minimum Gasteiger partial charge on any atom is -0.320 e. The zero-order valence-electron chi connectivity index (χ0n) is 9.98. The molecule has 1 N–H and O–H groups in total. The molecule has 0 aromatic carbocycles. The molecule has 0 bridgehead atoms. The van der Waals surface area contributed by atoms with Crippen molar-refractivity contribution in [3.05, 3.63) is 12.7 Å². The molecule has 0 unspecified atom stereocenters. The molecule has 0 heterocycles. The standard InChI is InChI=1S/C11H22N2O2S/c1-3-9-13(11-6-7-11)16(14,15)10-5-4-8-12-2/h3,11-12H,1,4-10H2,2H3. The fraction of sp³-hybridized carbons (Fsp3) is 0.818. The van der Waals surface area contributed by atoms with Gasteiger partial charge in [0.25, 0.3) is 0 Å². The third kappa shape index (κ3) is 4.23.